The molecule has 0 radical (unpaired) electrons. The van der Waals surface area contributed by atoms with Crippen molar-refractivity contribution in [3.8, 4) is 44.5 Å². The molecule has 0 atom stereocenters. The van der Waals surface area contributed by atoms with Gasteiger partial charge in [0.15, 0.2) is 0 Å². The van der Waals surface area contributed by atoms with Crippen LogP contribution in [-0.2, 0) is 17.4 Å². The number of allylic oxidation sites excluding steroid dienone is 2. The SMILES string of the molecule is C/C=C(/C)c1ccc2c(c1)c1cc(-c3ccc(-c4ccc(-c5c6ccc(C(C)(C)C)cc6c(-c6ccccc6)c6ccc(C(C)(C)C)cc56)cc4)cc3)ccc1n2CC. The monoisotopic (exact) mass is 765 g/mol. The maximum absolute atomic E-state index is 2.46. The Balaban J connectivity index is 1.14. The van der Waals surface area contributed by atoms with Gasteiger partial charge in [0.05, 0.1) is 0 Å². The summed E-state index contributed by atoms with van der Waals surface area (Å²) >= 11 is 0. The van der Waals surface area contributed by atoms with Gasteiger partial charge in [0.25, 0.3) is 0 Å². The molecule has 0 saturated heterocycles. The van der Waals surface area contributed by atoms with Crippen molar-refractivity contribution >= 4 is 48.9 Å². The van der Waals surface area contributed by atoms with Gasteiger partial charge in [-0.05, 0) is 156 Å². The van der Waals surface area contributed by atoms with Crippen molar-refractivity contribution in [3.05, 3.63) is 174 Å². The Morgan fingerprint density at radius 2 is 0.881 bits per heavy atom. The second-order valence-electron chi connectivity index (χ2n) is 18.5. The summed E-state index contributed by atoms with van der Waals surface area (Å²) in [6, 6.07) is 57.6. The van der Waals surface area contributed by atoms with Crippen molar-refractivity contribution in [2.45, 2.75) is 79.7 Å². The minimum absolute atomic E-state index is 0.0223. The van der Waals surface area contributed by atoms with Gasteiger partial charge >= 0.3 is 0 Å². The van der Waals surface area contributed by atoms with E-state index in [-0.39, 0.29) is 10.8 Å². The van der Waals surface area contributed by atoms with Gasteiger partial charge in [0.2, 0.25) is 0 Å². The normalized spacial score (nSPS) is 12.7. The van der Waals surface area contributed by atoms with Crippen LogP contribution in [0.15, 0.2) is 158 Å². The topological polar surface area (TPSA) is 4.93 Å². The quantitative estimate of drug-likeness (QED) is 0.149. The summed E-state index contributed by atoms with van der Waals surface area (Å²) < 4.78 is 2.44. The Hall–Kier alpha value is -6.18. The minimum Gasteiger partial charge on any atom is -0.341 e. The Morgan fingerprint density at radius 1 is 0.441 bits per heavy atom. The van der Waals surface area contributed by atoms with Gasteiger partial charge in [-0.25, -0.2) is 0 Å². The predicted octanol–water partition coefficient (Wildman–Crippen LogP) is 16.8. The Labute approximate surface area is 350 Å². The van der Waals surface area contributed by atoms with E-state index in [1.807, 2.05) is 0 Å². The molecule has 0 spiro atoms. The highest BCUT2D eigenvalue weighted by molar-refractivity contribution is 6.21. The summed E-state index contributed by atoms with van der Waals surface area (Å²) in [5.74, 6) is 0. The summed E-state index contributed by atoms with van der Waals surface area (Å²) in [5, 5.41) is 7.82. The number of rotatable bonds is 6. The molecule has 292 valence electrons. The van der Waals surface area contributed by atoms with Crippen LogP contribution in [0.5, 0.6) is 0 Å². The molecule has 1 heterocycles. The first kappa shape index (κ1) is 38.3. The van der Waals surface area contributed by atoms with Crippen molar-refractivity contribution in [1.29, 1.82) is 0 Å². The fraction of sp³-hybridized carbons (Fsp3) is 0.207. The summed E-state index contributed by atoms with van der Waals surface area (Å²) in [6.07, 6.45) is 2.19. The van der Waals surface area contributed by atoms with E-state index in [1.54, 1.807) is 0 Å². The summed E-state index contributed by atoms with van der Waals surface area (Å²) in [6.45, 7) is 21.4. The van der Waals surface area contributed by atoms with Crippen LogP contribution in [0.2, 0.25) is 0 Å². The highest BCUT2D eigenvalue weighted by Crippen LogP contribution is 2.46. The van der Waals surface area contributed by atoms with E-state index in [4.69, 9.17) is 0 Å². The second-order valence-corrected chi connectivity index (χ2v) is 18.5. The van der Waals surface area contributed by atoms with E-state index >= 15 is 0 Å². The van der Waals surface area contributed by atoms with Crippen molar-refractivity contribution in [2.75, 3.05) is 0 Å². The van der Waals surface area contributed by atoms with E-state index in [0.29, 0.717) is 0 Å². The van der Waals surface area contributed by atoms with Gasteiger partial charge in [0, 0.05) is 28.4 Å². The van der Waals surface area contributed by atoms with E-state index in [0.717, 1.165) is 6.54 Å². The largest absolute Gasteiger partial charge is 0.341 e. The molecule has 0 aliphatic rings. The molecule has 9 rings (SSSR count). The number of hydrogen-bond donors (Lipinski definition) is 0. The molecule has 1 nitrogen and oxygen atoms in total. The van der Waals surface area contributed by atoms with Gasteiger partial charge in [-0.3, -0.25) is 0 Å². The fourth-order valence-electron chi connectivity index (χ4n) is 9.11. The summed E-state index contributed by atoms with van der Waals surface area (Å²) in [5.41, 5.74) is 17.9. The van der Waals surface area contributed by atoms with Gasteiger partial charge in [-0.15, -0.1) is 0 Å². The number of hydrogen-bond acceptors (Lipinski definition) is 0. The van der Waals surface area contributed by atoms with Crippen LogP contribution in [0.4, 0.5) is 0 Å². The zero-order chi connectivity index (χ0) is 41.2. The van der Waals surface area contributed by atoms with Gasteiger partial charge in [-0.1, -0.05) is 163 Å². The molecule has 0 bridgehead atoms. The number of benzene rings is 8. The molecule has 0 fully saturated rings. The van der Waals surface area contributed by atoms with E-state index < -0.39 is 0 Å². The zero-order valence-corrected chi connectivity index (χ0v) is 36.2. The maximum atomic E-state index is 2.46. The molecule has 8 aromatic carbocycles. The highest BCUT2D eigenvalue weighted by atomic mass is 15.0. The van der Waals surface area contributed by atoms with Crippen molar-refractivity contribution in [1.82, 2.24) is 4.57 Å². The lowest BCUT2D eigenvalue weighted by Gasteiger charge is -2.25. The number of fused-ring (bicyclic) bond motifs is 5. The standard InChI is InChI=1S/C58H55N/c1-10-37(3)43-25-31-53-49(33-43)50-34-44(26-32-54(50)59(53)11-2)40-19-17-38(18-20-40)39-21-23-42(24-22-39)56-48-30-28-45(57(4,5)6)35-51(48)55(41-15-13-12-14-16-41)47-29-27-46(36-52(47)56)58(7,8)9/h10,12-36H,11H2,1-9H3/b37-10-. The summed E-state index contributed by atoms with van der Waals surface area (Å²) in [7, 11) is 0. The lowest BCUT2D eigenvalue weighted by molar-refractivity contribution is 0.590. The molecule has 1 aromatic heterocycles. The van der Waals surface area contributed by atoms with E-state index in [2.05, 4.69) is 225 Å². The molecule has 1 heteroatoms. The molecule has 0 saturated carbocycles. The lowest BCUT2D eigenvalue weighted by Crippen LogP contribution is -2.11. The lowest BCUT2D eigenvalue weighted by atomic mass is 9.79. The van der Waals surface area contributed by atoms with Crippen LogP contribution >= 0.6 is 0 Å². The molecule has 0 aliphatic carbocycles. The Morgan fingerprint density at radius 3 is 1.37 bits per heavy atom. The highest BCUT2D eigenvalue weighted by Gasteiger charge is 2.23. The third kappa shape index (κ3) is 6.77. The van der Waals surface area contributed by atoms with Crippen LogP contribution in [-0.4, -0.2) is 4.57 Å². The van der Waals surface area contributed by atoms with Crippen LogP contribution in [0, 0.1) is 0 Å². The molecular formula is C58H55N. The molecule has 9 aromatic rings. The fourth-order valence-corrected chi connectivity index (χ4v) is 9.11. The molecule has 0 aliphatic heterocycles. The predicted molar refractivity (Wildman–Crippen MR) is 259 cm³/mol. The summed E-state index contributed by atoms with van der Waals surface area (Å²) in [4.78, 5) is 0. The first-order chi connectivity index (χ1) is 28.3. The van der Waals surface area contributed by atoms with E-state index in [1.165, 1.54) is 110 Å². The van der Waals surface area contributed by atoms with E-state index in [9.17, 15) is 0 Å². The van der Waals surface area contributed by atoms with Crippen molar-refractivity contribution < 1.29 is 0 Å². The molecule has 59 heavy (non-hydrogen) atoms. The van der Waals surface area contributed by atoms with Crippen molar-refractivity contribution in [2.24, 2.45) is 0 Å². The Kier molecular flexibility index (Phi) is 9.47. The zero-order valence-electron chi connectivity index (χ0n) is 36.2. The third-order valence-electron chi connectivity index (χ3n) is 12.7. The Bertz CT molecular complexity index is 3070. The first-order valence-electron chi connectivity index (χ1n) is 21.3. The number of aromatic nitrogens is 1. The van der Waals surface area contributed by atoms with Crippen LogP contribution in [0.3, 0.4) is 0 Å². The number of aryl methyl sites for hydroxylation is 1. The second kappa shape index (κ2) is 14.6. The molecular weight excluding hydrogens is 711 g/mol. The molecule has 0 amide bonds. The molecule has 0 unspecified atom stereocenters. The van der Waals surface area contributed by atoms with Gasteiger partial charge in [0.1, 0.15) is 0 Å². The van der Waals surface area contributed by atoms with Crippen LogP contribution < -0.4 is 0 Å². The average molecular weight is 766 g/mol. The third-order valence-corrected chi connectivity index (χ3v) is 12.7. The van der Waals surface area contributed by atoms with Gasteiger partial charge in [-0.2, -0.15) is 0 Å². The molecule has 0 N–H and O–H groups in total. The minimum atomic E-state index is 0.0223. The average Bonchev–Trinajstić information content (AvgIpc) is 3.56. The number of nitrogens with zero attached hydrogens (tertiary/aromatic N) is 1. The van der Waals surface area contributed by atoms with Crippen LogP contribution in [0.1, 0.15) is 79.0 Å². The van der Waals surface area contributed by atoms with Crippen molar-refractivity contribution in [3.63, 3.8) is 0 Å². The maximum Gasteiger partial charge on any atom is 0.0491 e. The smallest absolute Gasteiger partial charge is 0.0491 e. The first-order valence-corrected chi connectivity index (χ1v) is 21.3. The van der Waals surface area contributed by atoms with Gasteiger partial charge < -0.3 is 4.57 Å². The van der Waals surface area contributed by atoms with Crippen LogP contribution in [0.25, 0.3) is 93.4 Å².